The number of anilines is 3. The second-order valence-corrected chi connectivity index (χ2v) is 7.78. The molecule has 0 aliphatic rings. The smallest absolute Gasteiger partial charge is 0.163 e. The zero-order valence-corrected chi connectivity index (χ0v) is 17.8. The molecule has 4 rings (SSSR count). The number of H-pyrrole nitrogens is 1. The Morgan fingerprint density at radius 3 is 2.40 bits per heavy atom. The van der Waals surface area contributed by atoms with Crippen LogP contribution in [0.4, 0.5) is 17.5 Å². The molecule has 0 saturated heterocycles. The molecule has 2 aromatic carbocycles. The topological polar surface area (TPSA) is 73.0 Å². The molecule has 0 atom stereocenters. The summed E-state index contributed by atoms with van der Waals surface area (Å²) in [6.45, 7) is 3.77. The Balaban J connectivity index is 1.73. The van der Waals surface area contributed by atoms with Crippen LogP contribution in [0.3, 0.4) is 0 Å². The van der Waals surface area contributed by atoms with Gasteiger partial charge in [-0.25, -0.2) is 9.97 Å². The standard InChI is InChI=1S/C23H27N7/c1-16-13-21(28-27-16)24-20-15-22(30(4)12-11-29(2)3)26-23(25-20)19-10-9-17-7-5-6-8-18(17)14-19/h5-10,13-15H,11-12H2,1-4H3,(H2,24,25,26,27,28). The van der Waals surface area contributed by atoms with E-state index in [-0.39, 0.29) is 0 Å². The Morgan fingerprint density at radius 1 is 0.867 bits per heavy atom. The Labute approximate surface area is 176 Å². The maximum absolute atomic E-state index is 4.86. The van der Waals surface area contributed by atoms with E-state index >= 15 is 0 Å². The zero-order valence-electron chi connectivity index (χ0n) is 17.8. The molecule has 0 amide bonds. The van der Waals surface area contributed by atoms with E-state index in [1.807, 2.05) is 31.2 Å². The molecule has 7 heteroatoms. The van der Waals surface area contributed by atoms with Crippen LogP contribution in [0.15, 0.2) is 54.6 Å². The molecule has 0 aliphatic carbocycles. The molecule has 4 aromatic rings. The number of hydrogen-bond donors (Lipinski definition) is 2. The Morgan fingerprint density at radius 2 is 1.67 bits per heavy atom. The van der Waals surface area contributed by atoms with Gasteiger partial charge in [-0.05, 0) is 37.9 Å². The molecule has 2 aromatic heterocycles. The van der Waals surface area contributed by atoms with E-state index in [0.29, 0.717) is 11.6 Å². The maximum Gasteiger partial charge on any atom is 0.163 e. The fourth-order valence-electron chi connectivity index (χ4n) is 3.23. The van der Waals surface area contributed by atoms with Crippen molar-refractivity contribution in [3.8, 4) is 11.4 Å². The van der Waals surface area contributed by atoms with Gasteiger partial charge in [-0.2, -0.15) is 5.10 Å². The van der Waals surface area contributed by atoms with E-state index in [2.05, 4.69) is 76.8 Å². The lowest BCUT2D eigenvalue weighted by Gasteiger charge is -2.21. The lowest BCUT2D eigenvalue weighted by molar-refractivity contribution is 0.416. The first-order valence-electron chi connectivity index (χ1n) is 10.0. The van der Waals surface area contributed by atoms with Crippen LogP contribution in [-0.2, 0) is 0 Å². The Bertz CT molecular complexity index is 1150. The van der Waals surface area contributed by atoms with Crippen molar-refractivity contribution in [2.45, 2.75) is 6.92 Å². The van der Waals surface area contributed by atoms with Crippen LogP contribution < -0.4 is 10.2 Å². The number of nitrogens with one attached hydrogen (secondary N) is 2. The molecule has 0 spiro atoms. The van der Waals surface area contributed by atoms with Crippen LogP contribution in [0.5, 0.6) is 0 Å². The van der Waals surface area contributed by atoms with Gasteiger partial charge in [-0.1, -0.05) is 36.4 Å². The third-order valence-corrected chi connectivity index (χ3v) is 4.96. The number of fused-ring (bicyclic) bond motifs is 1. The largest absolute Gasteiger partial charge is 0.358 e. The molecule has 30 heavy (non-hydrogen) atoms. The number of hydrogen-bond acceptors (Lipinski definition) is 6. The summed E-state index contributed by atoms with van der Waals surface area (Å²) in [5.74, 6) is 3.00. The van der Waals surface area contributed by atoms with Crippen molar-refractivity contribution in [1.29, 1.82) is 0 Å². The average molecular weight is 402 g/mol. The number of benzene rings is 2. The highest BCUT2D eigenvalue weighted by Crippen LogP contribution is 2.26. The molecule has 0 saturated carbocycles. The quantitative estimate of drug-likeness (QED) is 0.486. The molecule has 0 radical (unpaired) electrons. The lowest BCUT2D eigenvalue weighted by atomic mass is 10.1. The molecule has 2 N–H and O–H groups in total. The highest BCUT2D eigenvalue weighted by atomic mass is 15.2. The number of aromatic amines is 1. The fraction of sp³-hybridized carbons (Fsp3) is 0.261. The van der Waals surface area contributed by atoms with Crippen molar-refractivity contribution in [2.75, 3.05) is 44.4 Å². The van der Waals surface area contributed by atoms with E-state index in [4.69, 9.17) is 9.97 Å². The minimum atomic E-state index is 0.685. The molecule has 0 bridgehead atoms. The summed E-state index contributed by atoms with van der Waals surface area (Å²) in [7, 11) is 6.20. The van der Waals surface area contributed by atoms with Crippen LogP contribution in [-0.4, -0.2) is 59.3 Å². The van der Waals surface area contributed by atoms with E-state index in [9.17, 15) is 0 Å². The van der Waals surface area contributed by atoms with Crippen molar-refractivity contribution in [1.82, 2.24) is 25.1 Å². The molecule has 7 nitrogen and oxygen atoms in total. The summed E-state index contributed by atoms with van der Waals surface area (Å²) in [6, 6.07) is 18.5. The third kappa shape index (κ3) is 4.58. The Hall–Kier alpha value is -3.45. The summed E-state index contributed by atoms with van der Waals surface area (Å²) in [5.41, 5.74) is 1.97. The molecule has 0 fully saturated rings. The van der Waals surface area contributed by atoms with Gasteiger partial charge in [0.1, 0.15) is 11.6 Å². The molecule has 2 heterocycles. The first-order chi connectivity index (χ1) is 14.5. The van der Waals surface area contributed by atoms with Crippen LogP contribution in [0, 0.1) is 6.92 Å². The van der Waals surface area contributed by atoms with Gasteiger partial charge in [0.15, 0.2) is 11.6 Å². The molecule has 154 valence electrons. The summed E-state index contributed by atoms with van der Waals surface area (Å²) in [6.07, 6.45) is 0. The predicted octanol–water partition coefficient (Wildman–Crippen LogP) is 4.07. The summed E-state index contributed by atoms with van der Waals surface area (Å²) in [4.78, 5) is 13.9. The van der Waals surface area contributed by atoms with E-state index < -0.39 is 0 Å². The van der Waals surface area contributed by atoms with Gasteiger partial charge in [0.05, 0.1) is 0 Å². The van der Waals surface area contributed by atoms with Crippen LogP contribution in [0.25, 0.3) is 22.2 Å². The van der Waals surface area contributed by atoms with Crippen molar-refractivity contribution >= 4 is 28.2 Å². The zero-order chi connectivity index (χ0) is 21.1. The predicted molar refractivity (Wildman–Crippen MR) is 123 cm³/mol. The Kier molecular flexibility index (Phi) is 5.63. The van der Waals surface area contributed by atoms with E-state index in [1.165, 1.54) is 10.8 Å². The number of aromatic nitrogens is 4. The highest BCUT2D eigenvalue weighted by Gasteiger charge is 2.12. The number of nitrogens with zero attached hydrogens (tertiary/aromatic N) is 5. The van der Waals surface area contributed by atoms with Crippen molar-refractivity contribution < 1.29 is 0 Å². The SMILES string of the molecule is Cc1cc(Nc2cc(N(C)CCN(C)C)nc(-c3ccc4ccccc4c3)n2)n[nH]1. The van der Waals surface area contributed by atoms with Crippen molar-refractivity contribution in [3.05, 3.63) is 60.3 Å². The monoisotopic (exact) mass is 401 g/mol. The lowest BCUT2D eigenvalue weighted by Crippen LogP contribution is -2.29. The van der Waals surface area contributed by atoms with Crippen molar-refractivity contribution in [2.24, 2.45) is 0 Å². The summed E-state index contributed by atoms with van der Waals surface area (Å²) >= 11 is 0. The number of aryl methyl sites for hydroxylation is 1. The summed E-state index contributed by atoms with van der Waals surface area (Å²) < 4.78 is 0. The summed E-state index contributed by atoms with van der Waals surface area (Å²) in [5, 5.41) is 12.9. The van der Waals surface area contributed by atoms with Gasteiger partial charge < -0.3 is 15.1 Å². The number of likely N-dealkylation sites (N-methyl/N-ethyl adjacent to an activating group) is 2. The number of rotatable bonds is 7. The molecule has 0 aliphatic heterocycles. The normalized spacial score (nSPS) is 11.2. The van der Waals surface area contributed by atoms with Gasteiger partial charge in [0, 0.05) is 43.5 Å². The van der Waals surface area contributed by atoms with Gasteiger partial charge in [-0.3, -0.25) is 5.10 Å². The molecular formula is C23H27N7. The highest BCUT2D eigenvalue weighted by molar-refractivity contribution is 5.86. The van der Waals surface area contributed by atoms with Crippen LogP contribution in [0.2, 0.25) is 0 Å². The minimum absolute atomic E-state index is 0.685. The maximum atomic E-state index is 4.86. The van der Waals surface area contributed by atoms with E-state index in [1.54, 1.807) is 0 Å². The first kappa shape index (κ1) is 19.8. The average Bonchev–Trinajstić information content (AvgIpc) is 3.15. The van der Waals surface area contributed by atoms with Crippen LogP contribution in [0.1, 0.15) is 5.69 Å². The molecule has 0 unspecified atom stereocenters. The van der Waals surface area contributed by atoms with E-state index in [0.717, 1.165) is 36.0 Å². The van der Waals surface area contributed by atoms with Gasteiger partial charge in [-0.15, -0.1) is 0 Å². The fourth-order valence-corrected chi connectivity index (χ4v) is 3.23. The van der Waals surface area contributed by atoms with Crippen LogP contribution >= 0.6 is 0 Å². The van der Waals surface area contributed by atoms with Gasteiger partial charge in [0.2, 0.25) is 0 Å². The van der Waals surface area contributed by atoms with Gasteiger partial charge in [0.25, 0.3) is 0 Å². The first-order valence-corrected chi connectivity index (χ1v) is 10.0. The van der Waals surface area contributed by atoms with Crippen molar-refractivity contribution in [3.63, 3.8) is 0 Å². The molecular weight excluding hydrogens is 374 g/mol. The second kappa shape index (κ2) is 8.51. The third-order valence-electron chi connectivity index (χ3n) is 4.96. The minimum Gasteiger partial charge on any atom is -0.358 e. The second-order valence-electron chi connectivity index (χ2n) is 7.78. The van der Waals surface area contributed by atoms with Gasteiger partial charge >= 0.3 is 0 Å².